The van der Waals surface area contributed by atoms with Gasteiger partial charge < -0.3 is 10.8 Å². The third-order valence-corrected chi connectivity index (χ3v) is 0.715. The number of carboxylic acid groups (broad SMARTS) is 1. The standard InChI is InChI=1S/C6H13NO2/c1-4(2)3-5(7)6(8)9/h4-5H,3,7H2,1-2H3,(H,8,9)/t5-/m0/s1/i1D3,3D,4D/t3-,4-,5-. The Labute approximate surface area is 61.9 Å². The van der Waals surface area contributed by atoms with Crippen LogP contribution >= 0.6 is 0 Å². The minimum absolute atomic E-state index is 0.987. The number of rotatable bonds is 3. The number of hydrogen-bond acceptors (Lipinski definition) is 2. The van der Waals surface area contributed by atoms with Crippen molar-refractivity contribution in [2.45, 2.75) is 26.2 Å². The van der Waals surface area contributed by atoms with Crippen LogP contribution in [0.1, 0.15) is 27.0 Å². The summed E-state index contributed by atoms with van der Waals surface area (Å²) in [7, 11) is 0. The molecule has 0 aliphatic carbocycles. The van der Waals surface area contributed by atoms with Crippen LogP contribution in [0.25, 0.3) is 0 Å². The van der Waals surface area contributed by atoms with E-state index in [0.29, 0.717) is 0 Å². The molecular formula is C6H13NO2. The molecule has 0 aliphatic heterocycles. The molecule has 0 aliphatic rings. The van der Waals surface area contributed by atoms with Gasteiger partial charge in [0.25, 0.3) is 0 Å². The molecule has 0 spiro atoms. The van der Waals surface area contributed by atoms with Gasteiger partial charge in [-0.15, -0.1) is 0 Å². The number of nitrogens with two attached hydrogens (primary N) is 1. The maximum absolute atomic E-state index is 10.4. The van der Waals surface area contributed by atoms with Crippen LogP contribution in [0, 0.1) is 5.89 Å². The largest absolute Gasteiger partial charge is 0.480 e. The van der Waals surface area contributed by atoms with Crippen molar-refractivity contribution < 1.29 is 16.8 Å². The lowest BCUT2D eigenvalue weighted by Crippen LogP contribution is -2.31. The number of hydrogen-bond donors (Lipinski definition) is 2. The summed E-state index contributed by atoms with van der Waals surface area (Å²) in [6.45, 7) is -1.74. The van der Waals surface area contributed by atoms with E-state index in [1.165, 1.54) is 0 Å². The summed E-state index contributed by atoms with van der Waals surface area (Å²) in [6, 6.07) is -1.67. The Morgan fingerprint density at radius 1 is 2.22 bits per heavy atom. The summed E-state index contributed by atoms with van der Waals surface area (Å²) < 4.78 is 35.7. The Balaban J connectivity index is 4.84. The van der Waals surface area contributed by atoms with Crippen LogP contribution < -0.4 is 5.73 Å². The van der Waals surface area contributed by atoms with Crippen molar-refractivity contribution in [2.75, 3.05) is 0 Å². The second kappa shape index (κ2) is 3.45. The lowest BCUT2D eigenvalue weighted by molar-refractivity contribution is -0.138. The summed E-state index contributed by atoms with van der Waals surface area (Å²) in [5.41, 5.74) is 5.09. The molecule has 0 aromatic heterocycles. The SMILES string of the molecule is [2H][C@H]([C@H](N)C(=O)O)[C@]([2H])(C)C([2H])([2H])[2H]. The maximum atomic E-state index is 10.4. The molecule has 3 heteroatoms. The van der Waals surface area contributed by atoms with E-state index >= 15 is 0 Å². The number of aliphatic carboxylic acids is 1. The second-order valence-corrected chi connectivity index (χ2v) is 1.71. The number of carbonyl (C=O) groups is 1. The van der Waals surface area contributed by atoms with E-state index in [9.17, 15) is 4.79 Å². The quantitative estimate of drug-likeness (QED) is 0.592. The Bertz CT molecular complexity index is 227. The average molecular weight is 136 g/mol. The lowest BCUT2D eigenvalue weighted by Gasteiger charge is -2.07. The van der Waals surface area contributed by atoms with Gasteiger partial charge in [-0.3, -0.25) is 4.79 Å². The van der Waals surface area contributed by atoms with Gasteiger partial charge in [0.2, 0.25) is 0 Å². The molecule has 3 N–H and O–H groups in total. The molecule has 9 heavy (non-hydrogen) atoms. The fourth-order valence-electron chi connectivity index (χ4n) is 0.341. The zero-order valence-electron chi connectivity index (χ0n) is 10.1. The first-order valence-corrected chi connectivity index (χ1v) is 2.42. The van der Waals surface area contributed by atoms with E-state index < -0.39 is 31.2 Å². The van der Waals surface area contributed by atoms with Crippen molar-refractivity contribution in [1.82, 2.24) is 0 Å². The van der Waals surface area contributed by atoms with Crippen molar-refractivity contribution in [2.24, 2.45) is 11.6 Å². The summed E-state index contributed by atoms with van der Waals surface area (Å²) in [6.07, 6.45) is -1.70. The van der Waals surface area contributed by atoms with Crippen LogP contribution in [-0.4, -0.2) is 17.1 Å². The van der Waals surface area contributed by atoms with Crippen molar-refractivity contribution >= 4 is 5.97 Å². The van der Waals surface area contributed by atoms with E-state index in [1.54, 1.807) is 0 Å². The van der Waals surface area contributed by atoms with Gasteiger partial charge in [0.15, 0.2) is 0 Å². The van der Waals surface area contributed by atoms with E-state index in [2.05, 4.69) is 0 Å². The second-order valence-electron chi connectivity index (χ2n) is 1.71. The minimum Gasteiger partial charge on any atom is -0.480 e. The Morgan fingerprint density at radius 2 is 2.78 bits per heavy atom. The molecule has 0 bridgehead atoms. The molecule has 3 nitrogen and oxygen atoms in total. The smallest absolute Gasteiger partial charge is 0.320 e. The molecule has 0 heterocycles. The predicted molar refractivity (Wildman–Crippen MR) is 35.1 cm³/mol. The fourth-order valence-corrected chi connectivity index (χ4v) is 0.341. The van der Waals surface area contributed by atoms with Gasteiger partial charge in [-0.25, -0.2) is 0 Å². The van der Waals surface area contributed by atoms with Gasteiger partial charge in [-0.05, 0) is 12.3 Å². The summed E-state index contributed by atoms with van der Waals surface area (Å²) >= 11 is 0. The number of carboxylic acids is 1. The van der Waals surface area contributed by atoms with Gasteiger partial charge in [0, 0.05) is 6.85 Å². The van der Waals surface area contributed by atoms with Gasteiger partial charge in [-0.2, -0.15) is 0 Å². The van der Waals surface area contributed by atoms with Gasteiger partial charge in [-0.1, -0.05) is 13.8 Å². The summed E-state index contributed by atoms with van der Waals surface area (Å²) in [5, 5.41) is 8.47. The highest BCUT2D eigenvalue weighted by Crippen LogP contribution is 2.01. The molecule has 3 atom stereocenters. The van der Waals surface area contributed by atoms with Gasteiger partial charge in [0.1, 0.15) is 6.04 Å². The molecular weight excluding hydrogens is 118 g/mol. The van der Waals surface area contributed by atoms with Crippen molar-refractivity contribution in [3.8, 4) is 0 Å². The molecule has 54 valence electrons. The first-order valence-electron chi connectivity index (χ1n) is 5.00. The predicted octanol–water partition coefficient (Wildman–Crippen LogP) is 0.444. The third kappa shape index (κ3) is 3.97. The summed E-state index contributed by atoms with van der Waals surface area (Å²) in [4.78, 5) is 10.4. The van der Waals surface area contributed by atoms with Gasteiger partial charge >= 0.3 is 5.97 Å². The van der Waals surface area contributed by atoms with Crippen LogP contribution in [0.4, 0.5) is 0 Å². The molecule has 0 amide bonds. The Hall–Kier alpha value is -0.570. The molecule has 0 fully saturated rings. The molecule has 0 radical (unpaired) electrons. The highest BCUT2D eigenvalue weighted by molar-refractivity contribution is 5.72. The molecule has 0 aromatic carbocycles. The Kier molecular flexibility index (Phi) is 1.16. The highest BCUT2D eigenvalue weighted by atomic mass is 16.4. The summed E-state index contributed by atoms with van der Waals surface area (Å²) in [5.74, 6) is -3.67. The van der Waals surface area contributed by atoms with Crippen molar-refractivity contribution in [1.29, 1.82) is 0 Å². The van der Waals surface area contributed by atoms with E-state index in [-0.39, 0.29) is 0 Å². The monoisotopic (exact) mass is 136 g/mol. The minimum atomic E-state index is -2.73. The molecule has 0 saturated heterocycles. The lowest BCUT2D eigenvalue weighted by atomic mass is 10.1. The first kappa shape index (κ1) is 3.01. The van der Waals surface area contributed by atoms with Crippen LogP contribution in [0.15, 0.2) is 0 Å². The fraction of sp³-hybridized carbons (Fsp3) is 0.833. The zero-order chi connectivity index (χ0) is 11.7. The van der Waals surface area contributed by atoms with Crippen LogP contribution in [0.2, 0.25) is 0 Å². The van der Waals surface area contributed by atoms with Gasteiger partial charge in [0.05, 0.1) is 0 Å². The molecule has 0 rings (SSSR count). The van der Waals surface area contributed by atoms with E-state index in [4.69, 9.17) is 17.7 Å². The van der Waals surface area contributed by atoms with E-state index in [0.717, 1.165) is 6.92 Å². The molecule has 0 aromatic rings. The van der Waals surface area contributed by atoms with Crippen LogP contribution in [0.5, 0.6) is 0 Å². The molecule has 0 saturated carbocycles. The molecule has 0 unspecified atom stereocenters. The topological polar surface area (TPSA) is 63.3 Å². The van der Waals surface area contributed by atoms with Crippen molar-refractivity contribution in [3.63, 3.8) is 0 Å². The maximum Gasteiger partial charge on any atom is 0.320 e. The third-order valence-electron chi connectivity index (χ3n) is 0.715. The van der Waals surface area contributed by atoms with E-state index in [1.807, 2.05) is 0 Å². The average Bonchev–Trinajstić information content (AvgIpc) is 1.99. The Morgan fingerprint density at radius 3 is 3.11 bits per heavy atom. The van der Waals surface area contributed by atoms with Crippen LogP contribution in [0.3, 0.4) is 0 Å². The van der Waals surface area contributed by atoms with Crippen LogP contribution in [-0.2, 0) is 4.79 Å². The first-order chi connectivity index (χ1) is 6.01. The zero-order valence-corrected chi connectivity index (χ0v) is 5.09. The highest BCUT2D eigenvalue weighted by Gasteiger charge is 2.11. The van der Waals surface area contributed by atoms with Crippen molar-refractivity contribution in [3.05, 3.63) is 0 Å². The normalized spacial score (nSPS) is 33.3.